The Labute approximate surface area is 291 Å². The van der Waals surface area contributed by atoms with Crippen LogP contribution < -0.4 is 15.4 Å². The quantitative estimate of drug-likeness (QED) is 0.364. The minimum absolute atomic E-state index is 0.152. The molecule has 4 rings (SSSR count). The molecule has 0 aromatic heterocycles. The first-order chi connectivity index (χ1) is 23.4. The zero-order valence-corrected chi connectivity index (χ0v) is 30.0. The van der Waals surface area contributed by atoms with Gasteiger partial charge in [-0.15, -0.1) is 0 Å². The van der Waals surface area contributed by atoms with Crippen molar-refractivity contribution >= 4 is 34.1 Å². The number of hydrogen-bond donors (Lipinski definition) is 2. The average Bonchev–Trinajstić information content (AvgIpc) is 3.08. The van der Waals surface area contributed by atoms with Gasteiger partial charge in [-0.05, 0) is 69.4 Å². The van der Waals surface area contributed by atoms with Gasteiger partial charge in [-0.25, -0.2) is 8.42 Å². The third-order valence-corrected chi connectivity index (χ3v) is 10.6. The standard InChI is InChI=1S/C37H49BN4O6S/c1-6-13-33-37(45)41(5)28(4)35(43)40-32(24-29-14-8-7-9-15-29)36(44)39-23-12-17-30-16-10-11-18-34(30)48-27(3)25-42(33)38-49(46,47)31-21-19-26(2)20-22-31/h7-11,14-16,18-22,27-28,32-33,38H,6,12-13,17,23-25H2,1-5H3,(H,39,44)(H,40,43)/t27-,28-,32-,33-/m1/s1. The van der Waals surface area contributed by atoms with Crippen molar-refractivity contribution in [1.82, 2.24) is 20.3 Å². The Morgan fingerprint density at radius 3 is 2.29 bits per heavy atom. The van der Waals surface area contributed by atoms with E-state index in [4.69, 9.17) is 4.74 Å². The number of carbonyl (C=O) groups is 3. The number of hydrogen-bond acceptors (Lipinski definition) is 7. The van der Waals surface area contributed by atoms with Gasteiger partial charge in [0.2, 0.25) is 17.7 Å². The summed E-state index contributed by atoms with van der Waals surface area (Å²) in [4.78, 5) is 44.6. The smallest absolute Gasteiger partial charge is 0.361 e. The summed E-state index contributed by atoms with van der Waals surface area (Å²) in [6, 6.07) is 21.1. The van der Waals surface area contributed by atoms with Crippen LogP contribution in [0.15, 0.2) is 83.8 Å². The highest BCUT2D eigenvalue weighted by Gasteiger charge is 2.37. The minimum Gasteiger partial charge on any atom is -0.489 e. The van der Waals surface area contributed by atoms with Gasteiger partial charge in [0, 0.05) is 26.6 Å². The van der Waals surface area contributed by atoms with Gasteiger partial charge in [0.25, 0.3) is 0 Å². The fourth-order valence-electron chi connectivity index (χ4n) is 6.02. The second-order valence-corrected chi connectivity index (χ2v) is 14.9. The topological polar surface area (TPSA) is 125 Å². The number of ether oxygens (including phenoxy) is 1. The van der Waals surface area contributed by atoms with Gasteiger partial charge in [-0.1, -0.05) is 79.6 Å². The molecule has 0 saturated carbocycles. The molecule has 2 N–H and O–H groups in total. The summed E-state index contributed by atoms with van der Waals surface area (Å²) in [5.41, 5.74) is 2.77. The maximum atomic E-state index is 14.3. The second-order valence-electron chi connectivity index (χ2n) is 12.9. The fourth-order valence-corrected chi connectivity index (χ4v) is 7.44. The number of likely N-dealkylation sites (N-methyl/N-ethyl adjacent to an activating group) is 1. The normalized spacial score (nSPS) is 22.1. The van der Waals surface area contributed by atoms with E-state index in [1.165, 1.54) is 4.90 Å². The lowest BCUT2D eigenvalue weighted by Gasteiger charge is -2.36. The Morgan fingerprint density at radius 2 is 1.59 bits per heavy atom. The van der Waals surface area contributed by atoms with Gasteiger partial charge >= 0.3 is 6.69 Å². The first-order valence-corrected chi connectivity index (χ1v) is 18.7. The summed E-state index contributed by atoms with van der Waals surface area (Å²) in [5.74, 6) is -0.509. The first kappa shape index (κ1) is 37.7. The highest BCUT2D eigenvalue weighted by Crippen LogP contribution is 2.23. The lowest BCUT2D eigenvalue weighted by molar-refractivity contribution is -0.142. The zero-order chi connectivity index (χ0) is 35.6. The van der Waals surface area contributed by atoms with Crippen molar-refractivity contribution < 1.29 is 27.5 Å². The number of nitrogens with one attached hydrogen (secondary N) is 2. The highest BCUT2D eigenvalue weighted by atomic mass is 32.2. The minimum atomic E-state index is -3.84. The SMILES string of the molecule is CCC[C@@H]1C(=O)N(C)[C@H](C)C(=O)N[C@H](Cc2ccccc2)C(=O)NCCCc2ccccc2O[C@H](C)CN1BS(=O)(=O)c1ccc(C)cc1. The van der Waals surface area contributed by atoms with Gasteiger partial charge in [-0.3, -0.25) is 14.4 Å². The Balaban J connectivity index is 1.71. The first-order valence-electron chi connectivity index (χ1n) is 17.1. The summed E-state index contributed by atoms with van der Waals surface area (Å²) in [7, 11) is -2.30. The number of aryl methyl sites for hydroxylation is 2. The van der Waals surface area contributed by atoms with E-state index in [0.717, 1.165) is 16.7 Å². The molecule has 3 aromatic rings. The van der Waals surface area contributed by atoms with Crippen LogP contribution in [0.5, 0.6) is 5.75 Å². The van der Waals surface area contributed by atoms with Crippen LogP contribution >= 0.6 is 0 Å². The van der Waals surface area contributed by atoms with Gasteiger partial charge in [-0.2, -0.15) is 0 Å². The molecule has 0 unspecified atom stereocenters. The van der Waals surface area contributed by atoms with Crippen LogP contribution in [-0.4, -0.2) is 86.9 Å². The molecule has 1 aliphatic rings. The van der Waals surface area contributed by atoms with Crippen LogP contribution in [0, 0.1) is 6.92 Å². The molecule has 0 aliphatic carbocycles. The third-order valence-electron chi connectivity index (χ3n) is 8.94. The maximum absolute atomic E-state index is 14.3. The van der Waals surface area contributed by atoms with E-state index in [-0.39, 0.29) is 29.7 Å². The molecule has 0 bridgehead atoms. The van der Waals surface area contributed by atoms with E-state index >= 15 is 0 Å². The van der Waals surface area contributed by atoms with E-state index in [1.807, 2.05) is 75.4 Å². The van der Waals surface area contributed by atoms with Crippen molar-refractivity contribution in [2.45, 2.75) is 88.9 Å². The summed E-state index contributed by atoms with van der Waals surface area (Å²) < 4.78 is 34.0. The van der Waals surface area contributed by atoms with Crippen LogP contribution in [0.25, 0.3) is 0 Å². The number of para-hydroxylation sites is 1. The van der Waals surface area contributed by atoms with Crippen molar-refractivity contribution in [3.63, 3.8) is 0 Å². The summed E-state index contributed by atoms with van der Waals surface area (Å²) in [5, 5.41) is 5.87. The average molecular weight is 689 g/mol. The molecule has 1 aliphatic heterocycles. The van der Waals surface area contributed by atoms with Gasteiger partial charge in [0.05, 0.1) is 10.9 Å². The molecular formula is C37H49BN4O6S. The molecule has 1 heterocycles. The predicted molar refractivity (Wildman–Crippen MR) is 193 cm³/mol. The molecule has 3 amide bonds. The number of carbonyl (C=O) groups excluding carboxylic acids is 3. The van der Waals surface area contributed by atoms with Crippen molar-refractivity contribution in [3.05, 3.63) is 95.6 Å². The van der Waals surface area contributed by atoms with Crippen LogP contribution in [0.1, 0.15) is 56.7 Å². The second kappa shape index (κ2) is 17.5. The number of nitrogens with zero attached hydrogens (tertiary/aromatic N) is 2. The Bertz CT molecular complexity index is 1670. The summed E-state index contributed by atoms with van der Waals surface area (Å²) in [6.45, 7) is 7.44. The molecule has 3 aromatic carbocycles. The summed E-state index contributed by atoms with van der Waals surface area (Å²) >= 11 is 0. The van der Waals surface area contributed by atoms with E-state index in [1.54, 1.807) is 43.0 Å². The van der Waals surface area contributed by atoms with E-state index < -0.39 is 46.5 Å². The molecule has 0 spiro atoms. The number of fused-ring (bicyclic) bond motifs is 1. The monoisotopic (exact) mass is 688 g/mol. The number of rotatable bonds is 7. The molecular weight excluding hydrogens is 639 g/mol. The molecule has 4 atom stereocenters. The fraction of sp³-hybridized carbons (Fsp3) is 0.432. The summed E-state index contributed by atoms with van der Waals surface area (Å²) in [6.07, 6.45) is 2.03. The van der Waals surface area contributed by atoms with Gasteiger partial charge in [0.15, 0.2) is 0 Å². The van der Waals surface area contributed by atoms with Gasteiger partial charge < -0.3 is 25.1 Å². The Kier molecular flexibility index (Phi) is 13.4. The van der Waals surface area contributed by atoms with E-state index in [9.17, 15) is 22.8 Å². The zero-order valence-electron chi connectivity index (χ0n) is 29.2. The van der Waals surface area contributed by atoms with E-state index in [0.29, 0.717) is 38.0 Å². The predicted octanol–water partition coefficient (Wildman–Crippen LogP) is 3.61. The van der Waals surface area contributed by atoms with Crippen molar-refractivity contribution in [1.29, 1.82) is 0 Å². The van der Waals surface area contributed by atoms with Crippen LogP contribution in [0.2, 0.25) is 0 Å². The lowest BCUT2D eigenvalue weighted by atomic mass is 10.0. The molecule has 0 saturated heterocycles. The molecule has 0 fully saturated rings. The molecule has 262 valence electrons. The maximum Gasteiger partial charge on any atom is 0.361 e. The van der Waals surface area contributed by atoms with Crippen molar-refractivity contribution in [2.24, 2.45) is 0 Å². The van der Waals surface area contributed by atoms with Crippen LogP contribution in [0.4, 0.5) is 0 Å². The Morgan fingerprint density at radius 1 is 0.918 bits per heavy atom. The van der Waals surface area contributed by atoms with E-state index in [2.05, 4.69) is 10.6 Å². The highest BCUT2D eigenvalue weighted by molar-refractivity contribution is 8.14. The van der Waals surface area contributed by atoms with Gasteiger partial charge in [0.1, 0.15) is 33.6 Å². The van der Waals surface area contributed by atoms with Crippen molar-refractivity contribution in [3.8, 4) is 5.75 Å². The molecule has 49 heavy (non-hydrogen) atoms. The number of amides is 3. The molecule has 10 nitrogen and oxygen atoms in total. The third kappa shape index (κ3) is 10.4. The van der Waals surface area contributed by atoms with Crippen LogP contribution in [0.3, 0.4) is 0 Å². The Hall–Kier alpha value is -4.16. The lowest BCUT2D eigenvalue weighted by Crippen LogP contribution is -2.58. The van der Waals surface area contributed by atoms with Crippen LogP contribution in [-0.2, 0) is 36.9 Å². The largest absolute Gasteiger partial charge is 0.489 e. The molecule has 0 radical (unpaired) electrons. The number of benzene rings is 3. The molecule has 12 heteroatoms. The van der Waals surface area contributed by atoms with Crippen molar-refractivity contribution in [2.75, 3.05) is 20.1 Å².